The van der Waals surface area contributed by atoms with E-state index in [1.807, 2.05) is 0 Å². The van der Waals surface area contributed by atoms with Crippen molar-refractivity contribution in [2.24, 2.45) is 0 Å². The van der Waals surface area contributed by atoms with Crippen molar-refractivity contribution in [3.05, 3.63) is 51.3 Å². The number of aromatic nitrogens is 2. The molecule has 1 aliphatic rings. The molecule has 0 atom stereocenters. The van der Waals surface area contributed by atoms with Crippen molar-refractivity contribution >= 4 is 40.9 Å². The van der Waals surface area contributed by atoms with E-state index in [-0.39, 0.29) is 58.2 Å². The van der Waals surface area contributed by atoms with E-state index >= 15 is 0 Å². The summed E-state index contributed by atoms with van der Waals surface area (Å²) in [5.41, 5.74) is 0.797. The molecule has 9 heteroatoms. The van der Waals surface area contributed by atoms with Crippen LogP contribution in [-0.4, -0.2) is 33.5 Å². The molecule has 1 N–H and O–H groups in total. The summed E-state index contributed by atoms with van der Waals surface area (Å²) in [6.07, 6.45) is 17.6. The van der Waals surface area contributed by atoms with E-state index in [2.05, 4.69) is 17.3 Å². The van der Waals surface area contributed by atoms with E-state index in [1.54, 1.807) is 24.4 Å². The number of hydrogen-bond acceptors (Lipinski definition) is 5. The van der Waals surface area contributed by atoms with Crippen LogP contribution < -0.4 is 5.32 Å². The molecular weight excluding hydrogens is 549 g/mol. The van der Waals surface area contributed by atoms with E-state index in [0.29, 0.717) is 12.0 Å². The Labute approximate surface area is 248 Å². The van der Waals surface area contributed by atoms with Gasteiger partial charge in [-0.1, -0.05) is 107 Å². The van der Waals surface area contributed by atoms with Crippen molar-refractivity contribution in [3.8, 4) is 0 Å². The largest absolute Gasteiger partial charge is 0.442 e. The van der Waals surface area contributed by atoms with Gasteiger partial charge in [-0.05, 0) is 31.4 Å². The van der Waals surface area contributed by atoms with Crippen molar-refractivity contribution in [2.75, 3.05) is 0 Å². The van der Waals surface area contributed by atoms with Crippen LogP contribution >= 0.6 is 23.2 Å². The second kappa shape index (κ2) is 17.4. The molecule has 0 radical (unpaired) electrons. The molecule has 0 unspecified atom stereocenters. The first-order chi connectivity index (χ1) is 19.4. The molecule has 7 nitrogen and oxygen atoms in total. The van der Waals surface area contributed by atoms with Crippen LogP contribution in [0.3, 0.4) is 0 Å². The average molecular weight is 593 g/mol. The number of unbranched alkanes of at least 4 members (excludes halogenated alkanes) is 8. The molecule has 3 rings (SSSR count). The summed E-state index contributed by atoms with van der Waals surface area (Å²) in [7, 11) is 0. The van der Waals surface area contributed by atoms with E-state index < -0.39 is 0 Å². The maximum absolute atomic E-state index is 13.2. The topological polar surface area (TPSA) is 90.3 Å². The van der Waals surface area contributed by atoms with E-state index in [1.165, 1.54) is 49.6 Å². The van der Waals surface area contributed by atoms with Crippen molar-refractivity contribution in [1.82, 2.24) is 15.1 Å². The fourth-order valence-corrected chi connectivity index (χ4v) is 5.77. The minimum absolute atomic E-state index is 0.0853. The molecular formula is C31H43Cl2N3O4. The summed E-state index contributed by atoms with van der Waals surface area (Å²) in [5.74, 6) is -0.948. The number of rotatable bonds is 17. The van der Waals surface area contributed by atoms with Gasteiger partial charge in [0, 0.05) is 30.6 Å². The number of ether oxygens (including phenoxy) is 1. The Balaban J connectivity index is 1.56. The second-order valence-corrected chi connectivity index (χ2v) is 11.6. The Morgan fingerprint density at radius 3 is 2.23 bits per heavy atom. The fourth-order valence-electron chi connectivity index (χ4n) is 5.17. The molecule has 1 heterocycles. The maximum atomic E-state index is 13.2. The third-order valence-corrected chi connectivity index (χ3v) is 8.06. The van der Waals surface area contributed by atoms with Crippen molar-refractivity contribution in [3.63, 3.8) is 0 Å². The monoisotopic (exact) mass is 591 g/mol. The number of Topliss-reactive ketones (excluding diaryl/α,β-unsaturated/α-hetero) is 1. The van der Waals surface area contributed by atoms with Gasteiger partial charge in [-0.3, -0.25) is 14.4 Å². The van der Waals surface area contributed by atoms with E-state index in [9.17, 15) is 14.4 Å². The number of carbonyl (C=O) groups is 3. The molecule has 0 aliphatic heterocycles. The summed E-state index contributed by atoms with van der Waals surface area (Å²) in [4.78, 5) is 38.6. The number of carbonyl (C=O) groups excluding carboxylic acids is 3. The number of halogens is 2. The van der Waals surface area contributed by atoms with Crippen molar-refractivity contribution < 1.29 is 19.1 Å². The molecule has 1 saturated carbocycles. The van der Waals surface area contributed by atoms with Crippen LogP contribution in [0.25, 0.3) is 0 Å². The molecule has 0 spiro atoms. The van der Waals surface area contributed by atoms with Gasteiger partial charge in [0.2, 0.25) is 0 Å². The van der Waals surface area contributed by atoms with E-state index in [4.69, 9.17) is 27.9 Å². The highest BCUT2D eigenvalue weighted by Gasteiger charge is 2.25. The number of amides is 1. The molecule has 40 heavy (non-hydrogen) atoms. The predicted molar refractivity (Wildman–Crippen MR) is 159 cm³/mol. The lowest BCUT2D eigenvalue weighted by Gasteiger charge is -2.22. The molecule has 2 aromatic rings. The SMILES string of the molecule is CCCCCCCCCCCC(=O)OCn1cc(CC(=O)c2c(Cl)cccc2Cl)c(C(=O)NC2CCCCC2)n1. The van der Waals surface area contributed by atoms with Crippen LogP contribution in [0.5, 0.6) is 0 Å². The number of esters is 1. The first kappa shape index (κ1) is 32.1. The third-order valence-electron chi connectivity index (χ3n) is 7.43. The van der Waals surface area contributed by atoms with Gasteiger partial charge >= 0.3 is 5.97 Å². The van der Waals surface area contributed by atoms with Crippen molar-refractivity contribution in [2.45, 2.75) is 122 Å². The predicted octanol–water partition coefficient (Wildman–Crippen LogP) is 8.10. The second-order valence-electron chi connectivity index (χ2n) is 10.8. The molecule has 0 saturated heterocycles. The summed E-state index contributed by atoms with van der Waals surface area (Å²) < 4.78 is 6.83. The summed E-state index contributed by atoms with van der Waals surface area (Å²) >= 11 is 12.5. The molecule has 1 fully saturated rings. The van der Waals surface area contributed by atoms with Gasteiger partial charge in [0.05, 0.1) is 15.6 Å². The number of benzene rings is 1. The first-order valence-electron chi connectivity index (χ1n) is 14.9. The van der Waals surface area contributed by atoms with Crippen LogP contribution in [-0.2, 0) is 22.7 Å². The Hall–Kier alpha value is -2.38. The van der Waals surface area contributed by atoms with Gasteiger partial charge in [0.1, 0.15) is 0 Å². The van der Waals surface area contributed by atoms with Crippen molar-refractivity contribution in [1.29, 1.82) is 0 Å². The summed E-state index contributed by atoms with van der Waals surface area (Å²) in [6.45, 7) is 2.10. The number of nitrogens with one attached hydrogen (secondary N) is 1. The standard InChI is InChI=1S/C31H43Cl2N3O4/c1-2-3-4-5-6-7-8-9-13-19-28(38)40-22-36-21-23(20-27(37)29-25(32)17-14-18-26(29)33)30(35-36)31(39)34-24-15-11-10-12-16-24/h14,17-18,21,24H,2-13,15-16,19-20,22H2,1H3,(H,34,39). The Morgan fingerprint density at radius 2 is 1.57 bits per heavy atom. The highest BCUT2D eigenvalue weighted by Crippen LogP contribution is 2.26. The third kappa shape index (κ3) is 10.5. The highest BCUT2D eigenvalue weighted by atomic mass is 35.5. The van der Waals surface area contributed by atoms with Gasteiger partial charge in [-0.15, -0.1) is 0 Å². The smallest absolute Gasteiger partial charge is 0.307 e. The van der Waals surface area contributed by atoms with Crippen LogP contribution in [0.15, 0.2) is 24.4 Å². The minimum atomic E-state index is -0.334. The zero-order valence-electron chi connectivity index (χ0n) is 23.7. The molecule has 1 aliphatic carbocycles. The zero-order valence-corrected chi connectivity index (χ0v) is 25.2. The van der Waals surface area contributed by atoms with Crippen LogP contribution in [0.4, 0.5) is 0 Å². The summed E-state index contributed by atoms with van der Waals surface area (Å²) in [6, 6.07) is 4.97. The van der Waals surface area contributed by atoms with Crippen LogP contribution in [0, 0.1) is 0 Å². The highest BCUT2D eigenvalue weighted by molar-refractivity contribution is 6.39. The molecule has 220 valence electrons. The molecule has 1 aromatic carbocycles. The Morgan fingerprint density at radius 1 is 0.950 bits per heavy atom. The summed E-state index contributed by atoms with van der Waals surface area (Å²) in [5, 5.41) is 7.97. The zero-order chi connectivity index (χ0) is 28.7. The lowest BCUT2D eigenvalue weighted by atomic mass is 9.95. The molecule has 1 amide bonds. The van der Waals surface area contributed by atoms with Gasteiger partial charge in [0.25, 0.3) is 5.91 Å². The number of hydrogen-bond donors (Lipinski definition) is 1. The van der Waals surface area contributed by atoms with Gasteiger partial charge in [-0.25, -0.2) is 4.68 Å². The average Bonchev–Trinajstić information content (AvgIpc) is 3.34. The fraction of sp³-hybridized carbons (Fsp3) is 0.613. The lowest BCUT2D eigenvalue weighted by Crippen LogP contribution is -2.37. The number of ketones is 1. The maximum Gasteiger partial charge on any atom is 0.307 e. The quantitative estimate of drug-likeness (QED) is 0.114. The first-order valence-corrected chi connectivity index (χ1v) is 15.6. The van der Waals surface area contributed by atoms with Gasteiger partial charge in [0.15, 0.2) is 18.2 Å². The Kier molecular flexibility index (Phi) is 14.0. The lowest BCUT2D eigenvalue weighted by molar-refractivity contribution is -0.148. The van der Waals surface area contributed by atoms with Crippen LogP contribution in [0.1, 0.15) is 130 Å². The van der Waals surface area contributed by atoms with E-state index in [0.717, 1.165) is 44.9 Å². The van der Waals surface area contributed by atoms with Gasteiger partial charge in [-0.2, -0.15) is 5.10 Å². The Bertz CT molecular complexity index is 1090. The van der Waals surface area contributed by atoms with Gasteiger partial charge < -0.3 is 10.1 Å². The normalized spacial score (nSPS) is 13.8. The number of nitrogens with zero attached hydrogens (tertiary/aromatic N) is 2. The molecule has 0 bridgehead atoms. The minimum Gasteiger partial charge on any atom is -0.442 e. The van der Waals surface area contributed by atoms with Crippen LogP contribution in [0.2, 0.25) is 10.0 Å². The molecule has 1 aromatic heterocycles.